The first kappa shape index (κ1) is 15.3. The fourth-order valence-electron chi connectivity index (χ4n) is 2.93. The number of halogens is 1. The van der Waals surface area contributed by atoms with Gasteiger partial charge < -0.3 is 10.6 Å². The molecule has 1 aromatic carbocycles. The maximum absolute atomic E-state index is 7.52. The van der Waals surface area contributed by atoms with E-state index < -0.39 is 0 Å². The van der Waals surface area contributed by atoms with Crippen LogP contribution in [0.5, 0.6) is 0 Å². The molecule has 110 valence electrons. The van der Waals surface area contributed by atoms with E-state index in [1.54, 1.807) is 0 Å². The Bertz CT molecular complexity index is 485. The molecule has 3 N–H and O–H groups in total. The zero-order valence-corrected chi connectivity index (χ0v) is 13.8. The van der Waals surface area contributed by atoms with Crippen molar-refractivity contribution >= 4 is 27.5 Å². The van der Waals surface area contributed by atoms with E-state index in [0.29, 0.717) is 6.04 Å². The second-order valence-electron chi connectivity index (χ2n) is 5.19. The molecule has 0 radical (unpaired) electrons. The number of amidine groups is 1. The van der Waals surface area contributed by atoms with E-state index in [2.05, 4.69) is 51.7 Å². The van der Waals surface area contributed by atoms with E-state index >= 15 is 0 Å². The second-order valence-corrected chi connectivity index (χ2v) is 6.04. The molecule has 1 aliphatic rings. The molecular weight excluding hydrogens is 316 g/mol. The van der Waals surface area contributed by atoms with Crippen LogP contribution >= 0.6 is 15.9 Å². The van der Waals surface area contributed by atoms with E-state index in [1.807, 2.05) is 6.07 Å². The summed E-state index contributed by atoms with van der Waals surface area (Å²) in [4.78, 5) is 4.94. The minimum atomic E-state index is 0.103. The number of hydrogen-bond acceptors (Lipinski definition) is 3. The van der Waals surface area contributed by atoms with Gasteiger partial charge in [0.05, 0.1) is 0 Å². The van der Waals surface area contributed by atoms with Crippen molar-refractivity contribution in [2.45, 2.75) is 26.3 Å². The summed E-state index contributed by atoms with van der Waals surface area (Å²) in [5.74, 6) is 0.103. The summed E-state index contributed by atoms with van der Waals surface area (Å²) < 4.78 is 0.897. The van der Waals surface area contributed by atoms with Gasteiger partial charge in [-0.25, -0.2) is 0 Å². The lowest BCUT2D eigenvalue weighted by Gasteiger charge is -2.26. The van der Waals surface area contributed by atoms with E-state index in [9.17, 15) is 0 Å². The molecule has 1 fully saturated rings. The van der Waals surface area contributed by atoms with Crippen molar-refractivity contribution in [1.82, 2.24) is 4.90 Å². The van der Waals surface area contributed by atoms with E-state index in [0.717, 1.165) is 36.2 Å². The van der Waals surface area contributed by atoms with Crippen LogP contribution in [0.4, 0.5) is 5.69 Å². The molecule has 1 atom stereocenters. The zero-order valence-electron chi connectivity index (χ0n) is 12.2. The Morgan fingerprint density at radius 1 is 1.45 bits per heavy atom. The highest BCUT2D eigenvalue weighted by molar-refractivity contribution is 9.10. The van der Waals surface area contributed by atoms with Gasteiger partial charge in [-0.2, -0.15) is 0 Å². The van der Waals surface area contributed by atoms with Crippen molar-refractivity contribution in [2.24, 2.45) is 5.73 Å². The Morgan fingerprint density at radius 2 is 2.15 bits per heavy atom. The Labute approximate surface area is 129 Å². The molecule has 0 saturated carbocycles. The van der Waals surface area contributed by atoms with Crippen molar-refractivity contribution in [3.63, 3.8) is 0 Å². The molecule has 1 aliphatic heterocycles. The van der Waals surface area contributed by atoms with Gasteiger partial charge in [-0.15, -0.1) is 0 Å². The lowest BCUT2D eigenvalue weighted by molar-refractivity contribution is 0.232. The first-order valence-corrected chi connectivity index (χ1v) is 7.99. The van der Waals surface area contributed by atoms with Crippen molar-refractivity contribution < 1.29 is 0 Å². The summed E-state index contributed by atoms with van der Waals surface area (Å²) >= 11 is 3.51. The van der Waals surface area contributed by atoms with Gasteiger partial charge in [-0.05, 0) is 53.6 Å². The minimum absolute atomic E-state index is 0.103. The predicted molar refractivity (Wildman–Crippen MR) is 88.7 cm³/mol. The first-order chi connectivity index (χ1) is 9.56. The van der Waals surface area contributed by atoms with Gasteiger partial charge in [0.15, 0.2) is 0 Å². The third-order valence-electron chi connectivity index (χ3n) is 4.10. The molecule has 20 heavy (non-hydrogen) atoms. The Morgan fingerprint density at radius 3 is 2.70 bits per heavy atom. The molecule has 1 heterocycles. The Balaban J connectivity index is 2.10. The van der Waals surface area contributed by atoms with Gasteiger partial charge in [0, 0.05) is 34.9 Å². The number of anilines is 1. The molecule has 0 aliphatic carbocycles. The molecule has 0 aromatic heterocycles. The minimum Gasteiger partial charge on any atom is -0.384 e. The molecule has 2 rings (SSSR count). The van der Waals surface area contributed by atoms with Crippen molar-refractivity contribution in [2.75, 3.05) is 31.1 Å². The van der Waals surface area contributed by atoms with Crippen LogP contribution in [0.25, 0.3) is 0 Å². The lowest BCUT2D eigenvalue weighted by Crippen LogP contribution is -2.37. The Kier molecular flexibility index (Phi) is 5.05. The van der Waals surface area contributed by atoms with Crippen molar-refractivity contribution in [3.8, 4) is 0 Å². The maximum atomic E-state index is 7.52. The number of nitrogens with two attached hydrogens (primary N) is 1. The number of nitrogens with one attached hydrogen (secondary N) is 1. The van der Waals surface area contributed by atoms with Gasteiger partial charge in [-0.1, -0.05) is 13.8 Å². The Hall–Kier alpha value is -1.07. The summed E-state index contributed by atoms with van der Waals surface area (Å²) in [6, 6.07) is 6.70. The number of likely N-dealkylation sites (N-methyl/N-ethyl adjacent to an activating group) is 1. The van der Waals surface area contributed by atoms with Crippen LogP contribution < -0.4 is 10.6 Å². The average Bonchev–Trinajstić information content (AvgIpc) is 2.89. The van der Waals surface area contributed by atoms with Crippen LogP contribution in [0.3, 0.4) is 0 Å². The van der Waals surface area contributed by atoms with Gasteiger partial charge in [-0.3, -0.25) is 10.3 Å². The van der Waals surface area contributed by atoms with Crippen LogP contribution in [0, 0.1) is 5.41 Å². The van der Waals surface area contributed by atoms with Gasteiger partial charge in [0.2, 0.25) is 0 Å². The quantitative estimate of drug-likeness (QED) is 0.641. The molecule has 1 unspecified atom stereocenters. The topological polar surface area (TPSA) is 56.4 Å². The number of hydrogen-bond donors (Lipinski definition) is 2. The predicted octanol–water partition coefficient (Wildman–Crippen LogP) is 2.65. The third kappa shape index (κ3) is 3.15. The van der Waals surface area contributed by atoms with Gasteiger partial charge in [0.1, 0.15) is 5.84 Å². The third-order valence-corrected chi connectivity index (χ3v) is 4.76. The van der Waals surface area contributed by atoms with Crippen LogP contribution in [0.1, 0.15) is 25.8 Å². The van der Waals surface area contributed by atoms with E-state index in [1.165, 1.54) is 12.1 Å². The standard InChI is InChI=1S/C15H23BrN4/c1-3-19(4-2)12-7-8-20(10-12)11-5-6-13(15(17)18)14(16)9-11/h5-6,9,12H,3-4,7-8,10H2,1-2H3,(H3,17,18). The summed E-state index contributed by atoms with van der Waals surface area (Å²) in [7, 11) is 0. The molecule has 0 bridgehead atoms. The lowest BCUT2D eigenvalue weighted by atomic mass is 10.2. The summed E-state index contributed by atoms with van der Waals surface area (Å²) in [5, 5.41) is 7.52. The van der Waals surface area contributed by atoms with Crippen LogP contribution in [0.2, 0.25) is 0 Å². The second kappa shape index (κ2) is 6.59. The van der Waals surface area contributed by atoms with E-state index in [-0.39, 0.29) is 5.84 Å². The highest BCUT2D eigenvalue weighted by atomic mass is 79.9. The van der Waals surface area contributed by atoms with E-state index in [4.69, 9.17) is 11.1 Å². The molecule has 4 nitrogen and oxygen atoms in total. The number of nitrogens with zero attached hydrogens (tertiary/aromatic N) is 2. The number of benzene rings is 1. The van der Waals surface area contributed by atoms with Crippen LogP contribution in [0.15, 0.2) is 22.7 Å². The molecule has 5 heteroatoms. The highest BCUT2D eigenvalue weighted by Gasteiger charge is 2.26. The summed E-state index contributed by atoms with van der Waals surface area (Å²) in [6.07, 6.45) is 1.22. The van der Waals surface area contributed by atoms with Crippen molar-refractivity contribution in [3.05, 3.63) is 28.2 Å². The van der Waals surface area contributed by atoms with Gasteiger partial charge in [0.25, 0.3) is 0 Å². The zero-order chi connectivity index (χ0) is 14.7. The van der Waals surface area contributed by atoms with Crippen molar-refractivity contribution in [1.29, 1.82) is 5.41 Å². The molecule has 0 amide bonds. The van der Waals surface area contributed by atoms with Gasteiger partial charge >= 0.3 is 0 Å². The largest absolute Gasteiger partial charge is 0.384 e. The fourth-order valence-corrected chi connectivity index (χ4v) is 3.51. The molecule has 1 saturated heterocycles. The fraction of sp³-hybridized carbons (Fsp3) is 0.533. The average molecular weight is 339 g/mol. The number of nitrogen functional groups attached to an aromatic ring is 1. The monoisotopic (exact) mass is 338 g/mol. The molecule has 1 aromatic rings. The highest BCUT2D eigenvalue weighted by Crippen LogP contribution is 2.27. The maximum Gasteiger partial charge on any atom is 0.123 e. The normalized spacial score (nSPS) is 18.8. The summed E-state index contributed by atoms with van der Waals surface area (Å²) in [6.45, 7) is 8.85. The number of rotatable bonds is 5. The first-order valence-electron chi connectivity index (χ1n) is 7.19. The van der Waals surface area contributed by atoms with Crippen LogP contribution in [-0.4, -0.2) is 43.0 Å². The summed E-state index contributed by atoms with van der Waals surface area (Å²) in [5.41, 5.74) is 7.51. The van der Waals surface area contributed by atoms with Crippen LogP contribution in [-0.2, 0) is 0 Å². The SMILES string of the molecule is CCN(CC)C1CCN(c2ccc(C(=N)N)c(Br)c2)C1. The molecular formula is C15H23BrN4. The molecule has 0 spiro atoms. The smallest absolute Gasteiger partial charge is 0.123 e.